The fourth-order valence-electron chi connectivity index (χ4n) is 8.15. The molecule has 0 atom stereocenters. The second-order valence-corrected chi connectivity index (χ2v) is 14.3. The zero-order valence-electron chi connectivity index (χ0n) is 30.6. The summed E-state index contributed by atoms with van der Waals surface area (Å²) >= 11 is 0. The number of hydrogen-bond acceptors (Lipinski definition) is 11. The number of piperazine rings is 1. The molecule has 0 radical (unpaired) electrons. The van der Waals surface area contributed by atoms with E-state index < -0.39 is 5.97 Å². The molecular formula is C40H46N10O3. The Morgan fingerprint density at radius 1 is 1.02 bits per heavy atom. The first kappa shape index (κ1) is 35.7. The Kier molecular flexibility index (Phi) is 10.1. The number of pyridine rings is 1. The molecule has 53 heavy (non-hydrogen) atoms. The number of allylic oxidation sites excluding steroid dienone is 1. The minimum atomic E-state index is -1.07. The van der Waals surface area contributed by atoms with Crippen LogP contribution in [0.25, 0.3) is 16.5 Å². The van der Waals surface area contributed by atoms with E-state index in [1.165, 1.54) is 12.3 Å². The van der Waals surface area contributed by atoms with Crippen molar-refractivity contribution < 1.29 is 9.90 Å². The molecule has 3 aliphatic rings. The Bertz CT molecular complexity index is 2190. The number of anilines is 4. The summed E-state index contributed by atoms with van der Waals surface area (Å²) in [5.41, 5.74) is 13.8. The van der Waals surface area contributed by atoms with E-state index in [0.717, 1.165) is 123 Å². The van der Waals surface area contributed by atoms with Gasteiger partial charge in [-0.05, 0) is 86.6 Å². The molecular weight excluding hydrogens is 669 g/mol. The fraction of sp³-hybridized carbons (Fsp3) is 0.400. The van der Waals surface area contributed by atoms with Crippen molar-refractivity contribution in [2.24, 2.45) is 23.7 Å². The van der Waals surface area contributed by atoms with Crippen LogP contribution in [0.1, 0.15) is 52.0 Å². The van der Waals surface area contributed by atoms with Gasteiger partial charge in [0.1, 0.15) is 0 Å². The highest BCUT2D eigenvalue weighted by Crippen LogP contribution is 2.41. The summed E-state index contributed by atoms with van der Waals surface area (Å²) in [6.45, 7) is 9.10. The van der Waals surface area contributed by atoms with Crippen molar-refractivity contribution in [1.29, 1.82) is 5.26 Å². The number of aromatic carboxylic acids is 1. The third kappa shape index (κ3) is 7.06. The number of aromatic nitrogens is 3. The quantitative estimate of drug-likeness (QED) is 0.250. The number of nitrogens with zero attached hydrogens (tertiary/aromatic N) is 9. The Morgan fingerprint density at radius 3 is 2.45 bits per heavy atom. The summed E-state index contributed by atoms with van der Waals surface area (Å²) in [6.07, 6.45) is 7.12. The first-order valence-electron chi connectivity index (χ1n) is 18.3. The van der Waals surface area contributed by atoms with E-state index in [-0.39, 0.29) is 11.3 Å². The lowest BCUT2D eigenvalue weighted by atomic mass is 9.92. The third-order valence-corrected chi connectivity index (χ3v) is 11.1. The molecule has 0 spiro atoms. The molecule has 13 heteroatoms. The van der Waals surface area contributed by atoms with Crippen molar-refractivity contribution >= 4 is 51.5 Å². The summed E-state index contributed by atoms with van der Waals surface area (Å²) in [6, 6.07) is 16.2. The fourth-order valence-corrected chi connectivity index (χ4v) is 8.15. The van der Waals surface area contributed by atoms with E-state index in [4.69, 9.17) is 10.8 Å². The number of rotatable bonds is 8. The standard InChI is InChI=1S/C40H46N10O3/c1-26-17-33-36(46(3)39(26)51)20-31(21-37(33)50-10-4-5-28-18-32(30(23-42)24-43-2)29(22-41)19-35(28)50)48-15-13-47(14-16-48)25-27-8-11-49(12-9-27)38-7-6-34(40(52)53)44-45-38/h6-7,17-21,23-24,27H,4-5,8-16,25,42H2,1-3H3,(H,52,53)/b30-23+,43-24?. The lowest BCUT2D eigenvalue weighted by molar-refractivity contribution is 0.0689. The van der Waals surface area contributed by atoms with Crippen molar-refractivity contribution in [2.75, 3.05) is 74.1 Å². The van der Waals surface area contributed by atoms with Gasteiger partial charge >= 0.3 is 5.97 Å². The Morgan fingerprint density at radius 2 is 1.79 bits per heavy atom. The molecule has 13 nitrogen and oxygen atoms in total. The van der Waals surface area contributed by atoms with Crippen LogP contribution in [0.4, 0.5) is 22.9 Å². The molecule has 2 aromatic carbocycles. The molecule has 0 amide bonds. The van der Waals surface area contributed by atoms with Gasteiger partial charge in [0.25, 0.3) is 5.56 Å². The number of carbonyl (C=O) groups is 1. The van der Waals surface area contributed by atoms with Crippen LogP contribution in [-0.4, -0.2) is 96.4 Å². The van der Waals surface area contributed by atoms with Crippen molar-refractivity contribution in [3.63, 3.8) is 0 Å². The van der Waals surface area contributed by atoms with Crippen molar-refractivity contribution in [1.82, 2.24) is 19.7 Å². The highest BCUT2D eigenvalue weighted by atomic mass is 16.4. The lowest BCUT2D eigenvalue weighted by Gasteiger charge is -2.40. The molecule has 3 N–H and O–H groups in total. The summed E-state index contributed by atoms with van der Waals surface area (Å²) in [4.78, 5) is 38.0. The number of aliphatic imine (C=N–C) groups is 1. The average Bonchev–Trinajstić information content (AvgIpc) is 3.18. The van der Waals surface area contributed by atoms with Gasteiger partial charge in [-0.1, -0.05) is 0 Å². The number of piperidine rings is 1. The Balaban J connectivity index is 1.11. The molecule has 0 bridgehead atoms. The maximum Gasteiger partial charge on any atom is 0.356 e. The van der Waals surface area contributed by atoms with Crippen molar-refractivity contribution in [3.05, 3.63) is 87.0 Å². The molecule has 0 aliphatic carbocycles. The third-order valence-electron chi connectivity index (χ3n) is 11.1. The second kappa shape index (κ2) is 15.1. The van der Waals surface area contributed by atoms with E-state index in [0.29, 0.717) is 22.6 Å². The normalized spacial score (nSPS) is 17.4. The maximum absolute atomic E-state index is 13.2. The summed E-state index contributed by atoms with van der Waals surface area (Å²) in [5, 5.41) is 28.4. The van der Waals surface area contributed by atoms with Crippen molar-refractivity contribution in [3.8, 4) is 6.07 Å². The van der Waals surface area contributed by atoms with Crippen LogP contribution < -0.4 is 26.0 Å². The average molecular weight is 715 g/mol. The van der Waals surface area contributed by atoms with Crippen molar-refractivity contribution in [2.45, 2.75) is 32.6 Å². The molecule has 7 rings (SSSR count). The van der Waals surface area contributed by atoms with Gasteiger partial charge in [-0.3, -0.25) is 14.7 Å². The number of nitrogens with two attached hydrogens (primary N) is 1. The molecule has 2 saturated heterocycles. The van der Waals surface area contributed by atoms with Gasteiger partial charge < -0.3 is 30.1 Å². The highest BCUT2D eigenvalue weighted by molar-refractivity contribution is 6.11. The predicted octanol–water partition coefficient (Wildman–Crippen LogP) is 4.33. The molecule has 4 aromatic rings. The van der Waals surface area contributed by atoms with Gasteiger partial charge in [-0.25, -0.2) is 4.79 Å². The largest absolute Gasteiger partial charge is 0.476 e. The molecule has 0 saturated carbocycles. The minimum absolute atomic E-state index is 0.00470. The topological polar surface area (TPSA) is 160 Å². The van der Waals surface area contributed by atoms with Crippen LogP contribution >= 0.6 is 0 Å². The monoisotopic (exact) mass is 714 g/mol. The first-order valence-corrected chi connectivity index (χ1v) is 18.3. The number of nitriles is 1. The summed E-state index contributed by atoms with van der Waals surface area (Å²) in [5.74, 6) is 0.241. The van der Waals surface area contributed by atoms with Gasteiger partial charge in [0.2, 0.25) is 0 Å². The van der Waals surface area contributed by atoms with Gasteiger partial charge in [0.15, 0.2) is 11.5 Å². The van der Waals surface area contributed by atoms with Crippen LogP contribution in [0.2, 0.25) is 0 Å². The Hall–Kier alpha value is -5.74. The molecule has 0 unspecified atom stereocenters. The van der Waals surface area contributed by atoms with Gasteiger partial charge in [0, 0.05) is 112 Å². The summed E-state index contributed by atoms with van der Waals surface area (Å²) in [7, 11) is 3.55. The van der Waals surface area contributed by atoms with Crippen LogP contribution in [0.5, 0.6) is 0 Å². The van der Waals surface area contributed by atoms with E-state index in [1.54, 1.807) is 23.9 Å². The van der Waals surface area contributed by atoms with Crippen LogP contribution in [0.3, 0.4) is 0 Å². The molecule has 2 fully saturated rings. The SMILES string of the molecule is CN=C/C(=C\N)c1cc2c(cc1C#N)N(c1cc(N3CCN(CC4CCN(c5ccc(C(=O)O)nn5)CC4)CC3)cc3c1cc(C)c(=O)n3C)CCC2. The Labute approximate surface area is 309 Å². The van der Waals surface area contributed by atoms with Crippen LogP contribution in [0.15, 0.2) is 58.5 Å². The van der Waals surface area contributed by atoms with Gasteiger partial charge in [-0.15, -0.1) is 10.2 Å². The smallest absolute Gasteiger partial charge is 0.356 e. The zero-order valence-corrected chi connectivity index (χ0v) is 30.6. The van der Waals surface area contributed by atoms with E-state index in [1.807, 2.05) is 26.1 Å². The van der Waals surface area contributed by atoms with Gasteiger partial charge in [0.05, 0.1) is 22.8 Å². The molecule has 2 aromatic heterocycles. The number of carboxylic acid groups (broad SMARTS) is 1. The zero-order chi connectivity index (χ0) is 37.2. The summed E-state index contributed by atoms with van der Waals surface area (Å²) < 4.78 is 1.77. The minimum Gasteiger partial charge on any atom is -0.476 e. The number of hydrogen-bond donors (Lipinski definition) is 2. The molecule has 274 valence electrons. The van der Waals surface area contributed by atoms with E-state index >= 15 is 0 Å². The lowest BCUT2D eigenvalue weighted by Crippen LogP contribution is -2.49. The number of carboxylic acids is 1. The first-order chi connectivity index (χ1) is 25.7. The van der Waals surface area contributed by atoms with E-state index in [2.05, 4.69) is 59.1 Å². The van der Waals surface area contributed by atoms with Gasteiger partial charge in [-0.2, -0.15) is 5.26 Å². The number of benzene rings is 2. The number of aryl methyl sites for hydroxylation is 3. The van der Waals surface area contributed by atoms with Crippen LogP contribution in [0, 0.1) is 24.2 Å². The second-order valence-electron chi connectivity index (χ2n) is 14.3. The molecule has 5 heterocycles. The van der Waals surface area contributed by atoms with Crippen LogP contribution in [-0.2, 0) is 13.5 Å². The van der Waals surface area contributed by atoms with E-state index in [9.17, 15) is 14.9 Å². The number of fused-ring (bicyclic) bond motifs is 2. The molecule has 3 aliphatic heterocycles. The maximum atomic E-state index is 13.2. The predicted molar refractivity (Wildman–Crippen MR) is 210 cm³/mol. The highest BCUT2D eigenvalue weighted by Gasteiger charge is 2.28.